The Morgan fingerprint density at radius 1 is 1.25 bits per heavy atom. The van der Waals surface area contributed by atoms with Crippen LogP contribution in [0, 0.1) is 13.8 Å². The normalized spacial score (nSPS) is 11.0. The number of nitrogens with zero attached hydrogens (tertiary/aromatic N) is 1. The number of hydrogen-bond acceptors (Lipinski definition) is 3. The average molecular weight is 273 g/mol. The molecule has 0 atom stereocenters. The SMILES string of the molecule is Cc1ccccc1CN(C)Cc1cc(C(=O)O)c(C)o1. The smallest absolute Gasteiger partial charge is 0.339 e. The van der Waals surface area contributed by atoms with Gasteiger partial charge in [-0.2, -0.15) is 0 Å². The molecule has 0 unspecified atom stereocenters. The molecule has 0 saturated carbocycles. The summed E-state index contributed by atoms with van der Waals surface area (Å²) in [6.45, 7) is 5.15. The predicted octanol–water partition coefficient (Wildman–Crippen LogP) is 3.23. The second-order valence-corrected chi connectivity index (χ2v) is 5.09. The van der Waals surface area contributed by atoms with Crippen molar-refractivity contribution in [1.82, 2.24) is 4.90 Å². The van der Waals surface area contributed by atoms with Gasteiger partial charge in [0.1, 0.15) is 17.1 Å². The molecule has 0 fully saturated rings. The summed E-state index contributed by atoms with van der Waals surface area (Å²) in [4.78, 5) is 13.1. The van der Waals surface area contributed by atoms with Crippen LogP contribution in [0.15, 0.2) is 34.7 Å². The minimum atomic E-state index is -0.945. The summed E-state index contributed by atoms with van der Waals surface area (Å²) in [6.07, 6.45) is 0. The van der Waals surface area contributed by atoms with E-state index in [1.165, 1.54) is 11.1 Å². The van der Waals surface area contributed by atoms with Gasteiger partial charge in [-0.1, -0.05) is 24.3 Å². The van der Waals surface area contributed by atoms with Crippen molar-refractivity contribution in [2.45, 2.75) is 26.9 Å². The molecule has 1 aromatic carbocycles. The van der Waals surface area contributed by atoms with Crippen LogP contribution in [0.25, 0.3) is 0 Å². The molecule has 4 nitrogen and oxygen atoms in total. The molecule has 0 bridgehead atoms. The first-order chi connectivity index (χ1) is 9.47. The predicted molar refractivity (Wildman–Crippen MR) is 76.8 cm³/mol. The van der Waals surface area contributed by atoms with Gasteiger partial charge in [-0.05, 0) is 38.1 Å². The molecule has 0 aliphatic heterocycles. The number of furan rings is 1. The quantitative estimate of drug-likeness (QED) is 0.908. The van der Waals surface area contributed by atoms with Gasteiger partial charge in [0.05, 0.1) is 6.54 Å². The lowest BCUT2D eigenvalue weighted by Gasteiger charge is -2.16. The second-order valence-electron chi connectivity index (χ2n) is 5.09. The summed E-state index contributed by atoms with van der Waals surface area (Å²) in [5.41, 5.74) is 2.75. The van der Waals surface area contributed by atoms with Crippen molar-refractivity contribution in [3.63, 3.8) is 0 Å². The van der Waals surface area contributed by atoms with Gasteiger partial charge in [0.25, 0.3) is 0 Å². The van der Waals surface area contributed by atoms with Crippen LogP contribution < -0.4 is 0 Å². The van der Waals surface area contributed by atoms with Crippen molar-refractivity contribution in [3.05, 3.63) is 58.5 Å². The van der Waals surface area contributed by atoms with Crippen molar-refractivity contribution in [3.8, 4) is 0 Å². The molecule has 106 valence electrons. The molecule has 0 aliphatic carbocycles. The molecule has 20 heavy (non-hydrogen) atoms. The first-order valence-corrected chi connectivity index (χ1v) is 6.53. The summed E-state index contributed by atoms with van der Waals surface area (Å²) in [5, 5.41) is 9.01. The van der Waals surface area contributed by atoms with Gasteiger partial charge < -0.3 is 9.52 Å². The minimum absolute atomic E-state index is 0.240. The van der Waals surface area contributed by atoms with E-state index in [9.17, 15) is 4.79 Å². The first-order valence-electron chi connectivity index (χ1n) is 6.53. The maximum absolute atomic E-state index is 11.0. The number of aromatic carboxylic acids is 1. The maximum atomic E-state index is 11.0. The van der Waals surface area contributed by atoms with E-state index in [1.54, 1.807) is 13.0 Å². The summed E-state index contributed by atoms with van der Waals surface area (Å²) in [5.74, 6) is 0.187. The third-order valence-electron chi connectivity index (χ3n) is 3.33. The molecule has 0 spiro atoms. The third kappa shape index (κ3) is 3.27. The lowest BCUT2D eigenvalue weighted by Crippen LogP contribution is -2.17. The Kier molecular flexibility index (Phi) is 4.25. The lowest BCUT2D eigenvalue weighted by atomic mass is 10.1. The molecule has 0 radical (unpaired) electrons. The summed E-state index contributed by atoms with van der Waals surface area (Å²) in [7, 11) is 1.99. The van der Waals surface area contributed by atoms with E-state index in [-0.39, 0.29) is 5.56 Å². The van der Waals surface area contributed by atoms with Gasteiger partial charge in [-0.15, -0.1) is 0 Å². The van der Waals surface area contributed by atoms with Crippen LogP contribution in [0.1, 0.15) is 33.0 Å². The fourth-order valence-corrected chi connectivity index (χ4v) is 2.23. The molecular weight excluding hydrogens is 254 g/mol. The Bertz CT molecular complexity index is 616. The average Bonchev–Trinajstić information content (AvgIpc) is 2.73. The highest BCUT2D eigenvalue weighted by molar-refractivity contribution is 5.88. The number of hydrogen-bond donors (Lipinski definition) is 1. The Balaban J connectivity index is 2.05. The van der Waals surface area contributed by atoms with Crippen molar-refractivity contribution in [2.75, 3.05) is 7.05 Å². The Labute approximate surface area is 118 Å². The summed E-state index contributed by atoms with van der Waals surface area (Å²) < 4.78 is 5.49. The van der Waals surface area contributed by atoms with E-state index in [4.69, 9.17) is 9.52 Å². The van der Waals surface area contributed by atoms with Crippen molar-refractivity contribution in [1.29, 1.82) is 0 Å². The molecule has 1 heterocycles. The number of carboxylic acids is 1. The van der Waals surface area contributed by atoms with Gasteiger partial charge in [-0.3, -0.25) is 4.90 Å². The van der Waals surface area contributed by atoms with Crippen LogP contribution in [0.3, 0.4) is 0 Å². The number of carbonyl (C=O) groups is 1. The van der Waals surface area contributed by atoms with Crippen LogP contribution in [-0.2, 0) is 13.1 Å². The molecule has 1 aromatic heterocycles. The number of aryl methyl sites for hydroxylation is 2. The highest BCUT2D eigenvalue weighted by atomic mass is 16.4. The fourth-order valence-electron chi connectivity index (χ4n) is 2.23. The fraction of sp³-hybridized carbons (Fsp3) is 0.312. The maximum Gasteiger partial charge on any atom is 0.339 e. The van der Waals surface area contributed by atoms with Crippen molar-refractivity contribution in [2.24, 2.45) is 0 Å². The van der Waals surface area contributed by atoms with E-state index < -0.39 is 5.97 Å². The van der Waals surface area contributed by atoms with Gasteiger partial charge in [0.2, 0.25) is 0 Å². The molecule has 2 rings (SSSR count). The minimum Gasteiger partial charge on any atom is -0.478 e. The molecule has 0 amide bonds. The molecule has 1 N–H and O–H groups in total. The lowest BCUT2D eigenvalue weighted by molar-refractivity contribution is 0.0695. The van der Waals surface area contributed by atoms with Crippen LogP contribution >= 0.6 is 0 Å². The van der Waals surface area contributed by atoms with E-state index >= 15 is 0 Å². The molecule has 4 heteroatoms. The summed E-state index contributed by atoms with van der Waals surface area (Å²) in [6, 6.07) is 9.83. The second kappa shape index (κ2) is 5.92. The molecule has 0 saturated heterocycles. The van der Waals surface area contributed by atoms with Gasteiger partial charge in [0.15, 0.2) is 0 Å². The van der Waals surface area contributed by atoms with Crippen LogP contribution in [0.2, 0.25) is 0 Å². The van der Waals surface area contributed by atoms with Crippen LogP contribution in [0.5, 0.6) is 0 Å². The van der Waals surface area contributed by atoms with Crippen molar-refractivity contribution >= 4 is 5.97 Å². The monoisotopic (exact) mass is 273 g/mol. The highest BCUT2D eigenvalue weighted by Crippen LogP contribution is 2.17. The number of benzene rings is 1. The highest BCUT2D eigenvalue weighted by Gasteiger charge is 2.14. The zero-order valence-electron chi connectivity index (χ0n) is 12.0. The van der Waals surface area contributed by atoms with Gasteiger partial charge >= 0.3 is 5.97 Å². The molecule has 0 aliphatic rings. The molecule has 2 aromatic rings. The van der Waals surface area contributed by atoms with Crippen LogP contribution in [-0.4, -0.2) is 23.0 Å². The Hall–Kier alpha value is -2.07. The van der Waals surface area contributed by atoms with E-state index in [0.29, 0.717) is 18.1 Å². The zero-order chi connectivity index (χ0) is 14.7. The summed E-state index contributed by atoms with van der Waals surface area (Å²) >= 11 is 0. The van der Waals surface area contributed by atoms with E-state index in [0.717, 1.165) is 6.54 Å². The van der Waals surface area contributed by atoms with Gasteiger partial charge in [0, 0.05) is 6.54 Å². The number of carboxylic acid groups (broad SMARTS) is 1. The van der Waals surface area contributed by atoms with E-state index in [1.807, 2.05) is 19.2 Å². The zero-order valence-corrected chi connectivity index (χ0v) is 12.0. The Morgan fingerprint density at radius 2 is 1.95 bits per heavy atom. The largest absolute Gasteiger partial charge is 0.478 e. The van der Waals surface area contributed by atoms with Gasteiger partial charge in [-0.25, -0.2) is 4.79 Å². The van der Waals surface area contributed by atoms with Crippen molar-refractivity contribution < 1.29 is 14.3 Å². The molecular formula is C16H19NO3. The number of rotatable bonds is 5. The standard InChI is InChI=1S/C16H19NO3/c1-11-6-4-5-7-13(11)9-17(3)10-14-8-15(16(18)19)12(2)20-14/h4-8H,9-10H2,1-3H3,(H,18,19). The Morgan fingerprint density at radius 3 is 2.55 bits per heavy atom. The topological polar surface area (TPSA) is 53.7 Å². The van der Waals surface area contributed by atoms with Crippen LogP contribution in [0.4, 0.5) is 0 Å². The third-order valence-corrected chi connectivity index (χ3v) is 3.33. The first kappa shape index (κ1) is 14.3. The van der Waals surface area contributed by atoms with E-state index in [2.05, 4.69) is 24.0 Å².